The smallest absolute Gasteiger partial charge is 0.252 e. The molecule has 7 nitrogen and oxygen atoms in total. The third-order valence-electron chi connectivity index (χ3n) is 7.40. The summed E-state index contributed by atoms with van der Waals surface area (Å²) in [4.78, 5) is 21.6. The lowest BCUT2D eigenvalue weighted by Gasteiger charge is -2.44. The summed E-state index contributed by atoms with van der Waals surface area (Å²) in [6.45, 7) is 4.80. The number of aromatic nitrogens is 2. The number of aliphatic hydroxyl groups is 1. The first kappa shape index (κ1) is 25.6. The molecule has 3 aromatic rings. The molecule has 0 spiro atoms. The normalized spacial score (nSPS) is 18.1. The Morgan fingerprint density at radius 3 is 2.39 bits per heavy atom. The zero-order valence-corrected chi connectivity index (χ0v) is 21.4. The summed E-state index contributed by atoms with van der Waals surface area (Å²) in [6, 6.07) is 14.2. The van der Waals surface area contributed by atoms with Crippen molar-refractivity contribution < 1.29 is 9.50 Å². The number of hydrogen-bond acceptors (Lipinski definition) is 6. The highest BCUT2D eigenvalue weighted by atomic mass is 19.1. The Morgan fingerprint density at radius 2 is 1.78 bits per heavy atom. The van der Waals surface area contributed by atoms with Crippen LogP contribution in [-0.2, 0) is 7.05 Å². The van der Waals surface area contributed by atoms with Crippen molar-refractivity contribution in [1.82, 2.24) is 9.55 Å². The predicted octanol–water partition coefficient (Wildman–Crippen LogP) is 4.22. The van der Waals surface area contributed by atoms with Gasteiger partial charge < -0.3 is 19.5 Å². The van der Waals surface area contributed by atoms with E-state index in [2.05, 4.69) is 20.9 Å². The fourth-order valence-electron chi connectivity index (χ4n) is 5.17. The van der Waals surface area contributed by atoms with Crippen LogP contribution < -0.4 is 15.4 Å². The van der Waals surface area contributed by atoms with E-state index < -0.39 is 0 Å². The molecule has 0 unspecified atom stereocenters. The molecule has 4 rings (SSSR count). The van der Waals surface area contributed by atoms with Crippen molar-refractivity contribution in [2.75, 3.05) is 30.0 Å². The highest BCUT2D eigenvalue weighted by Crippen LogP contribution is 2.34. The molecule has 36 heavy (non-hydrogen) atoms. The largest absolute Gasteiger partial charge is 0.396 e. The summed E-state index contributed by atoms with van der Waals surface area (Å²) in [5.41, 5.74) is 2.96. The average molecular weight is 492 g/mol. The van der Waals surface area contributed by atoms with Gasteiger partial charge in [-0.1, -0.05) is 13.8 Å². The van der Waals surface area contributed by atoms with Crippen LogP contribution in [0.4, 0.5) is 15.8 Å². The van der Waals surface area contributed by atoms with E-state index in [4.69, 9.17) is 0 Å². The molecule has 1 N–H and O–H groups in total. The van der Waals surface area contributed by atoms with Crippen molar-refractivity contribution in [3.63, 3.8) is 0 Å². The van der Waals surface area contributed by atoms with E-state index in [1.807, 2.05) is 33.0 Å². The van der Waals surface area contributed by atoms with E-state index in [-0.39, 0.29) is 35.5 Å². The first-order valence-corrected chi connectivity index (χ1v) is 12.4. The number of pyridine rings is 2. The van der Waals surface area contributed by atoms with E-state index in [0.29, 0.717) is 23.3 Å². The molecule has 0 saturated heterocycles. The van der Waals surface area contributed by atoms with Gasteiger partial charge in [0.2, 0.25) is 0 Å². The zero-order chi connectivity index (χ0) is 26.0. The van der Waals surface area contributed by atoms with Gasteiger partial charge in [-0.2, -0.15) is 5.26 Å². The van der Waals surface area contributed by atoms with Crippen LogP contribution >= 0.6 is 0 Å². The summed E-state index contributed by atoms with van der Waals surface area (Å²) in [5, 5.41) is 19.2. The molecule has 1 saturated carbocycles. The van der Waals surface area contributed by atoms with Crippen LogP contribution in [0.15, 0.2) is 47.3 Å². The fraction of sp³-hybridized carbons (Fsp3) is 0.464. The average Bonchev–Trinajstić information content (AvgIpc) is 2.89. The third-order valence-corrected chi connectivity index (χ3v) is 7.40. The second-order valence-electron chi connectivity index (χ2n) is 10.6. The highest BCUT2D eigenvalue weighted by Gasteiger charge is 2.32. The number of benzene rings is 1. The lowest BCUT2D eigenvalue weighted by molar-refractivity contribution is 0.159. The van der Waals surface area contributed by atoms with E-state index in [9.17, 15) is 19.6 Å². The lowest BCUT2D eigenvalue weighted by atomic mass is 9.86. The molecule has 0 amide bonds. The van der Waals surface area contributed by atoms with Crippen molar-refractivity contribution in [2.24, 2.45) is 12.5 Å². The third kappa shape index (κ3) is 5.21. The molecule has 190 valence electrons. The standard InChI is InChI=1S/C28H34FN5O2/c1-28(2,18-35)17-34(22-8-5-19(29)6-9-22)23-12-10-21(11-13-23)32(3)25-15-26(36)33(4)24-14-7-20(16-30)31-27(24)25/h5-9,14-15,21,23,35H,10-13,17-18H2,1-4H3/t21-,23+. The maximum absolute atomic E-state index is 13.6. The Hall–Kier alpha value is -3.44. The summed E-state index contributed by atoms with van der Waals surface area (Å²) >= 11 is 0. The van der Waals surface area contributed by atoms with Gasteiger partial charge in [0.15, 0.2) is 0 Å². The van der Waals surface area contributed by atoms with Gasteiger partial charge in [0.05, 0.1) is 11.2 Å². The minimum Gasteiger partial charge on any atom is -0.396 e. The number of fused-ring (bicyclic) bond motifs is 1. The van der Waals surface area contributed by atoms with Crippen molar-refractivity contribution in [1.29, 1.82) is 5.26 Å². The molecule has 0 bridgehead atoms. The van der Waals surface area contributed by atoms with Crippen LogP contribution in [0.3, 0.4) is 0 Å². The van der Waals surface area contributed by atoms with E-state index in [1.54, 1.807) is 29.8 Å². The van der Waals surface area contributed by atoms with Crippen LogP contribution in [0.2, 0.25) is 0 Å². The van der Waals surface area contributed by atoms with Crippen LogP contribution in [-0.4, -0.2) is 46.9 Å². The van der Waals surface area contributed by atoms with Gasteiger partial charge >= 0.3 is 0 Å². The minimum atomic E-state index is -0.296. The Bertz CT molecular complexity index is 1320. The Morgan fingerprint density at radius 1 is 1.14 bits per heavy atom. The minimum absolute atomic E-state index is 0.0660. The number of halogens is 1. The quantitative estimate of drug-likeness (QED) is 0.533. The van der Waals surface area contributed by atoms with Crippen molar-refractivity contribution in [2.45, 2.75) is 51.6 Å². The maximum Gasteiger partial charge on any atom is 0.252 e. The molecule has 0 atom stereocenters. The van der Waals surface area contributed by atoms with E-state index in [1.165, 1.54) is 12.1 Å². The molecule has 2 aromatic heterocycles. The SMILES string of the molecule is Cn1c(=O)cc(N(C)[C@H]2CC[C@@H](N(CC(C)(C)CO)c3ccc(F)cc3)CC2)c2nc(C#N)ccc21. The van der Waals surface area contributed by atoms with Gasteiger partial charge in [-0.15, -0.1) is 0 Å². The summed E-state index contributed by atoms with van der Waals surface area (Å²) in [6.07, 6.45) is 3.67. The predicted molar refractivity (Wildman–Crippen MR) is 141 cm³/mol. The molecule has 2 heterocycles. The van der Waals surface area contributed by atoms with Crippen LogP contribution in [0.25, 0.3) is 11.0 Å². The number of hydrogen-bond donors (Lipinski definition) is 1. The second kappa shape index (κ2) is 10.3. The summed E-state index contributed by atoms with van der Waals surface area (Å²) in [7, 11) is 3.71. The molecule has 0 aliphatic heterocycles. The van der Waals surface area contributed by atoms with Crippen molar-refractivity contribution in [3.05, 3.63) is 64.3 Å². The Labute approximate surface area is 211 Å². The summed E-state index contributed by atoms with van der Waals surface area (Å²) < 4.78 is 15.2. The van der Waals surface area contributed by atoms with Gasteiger partial charge in [-0.3, -0.25) is 4.79 Å². The topological polar surface area (TPSA) is 85.4 Å². The van der Waals surface area contributed by atoms with Gasteiger partial charge in [-0.25, -0.2) is 9.37 Å². The van der Waals surface area contributed by atoms with Crippen molar-refractivity contribution >= 4 is 22.4 Å². The lowest BCUT2D eigenvalue weighted by Crippen LogP contribution is -2.47. The van der Waals surface area contributed by atoms with Gasteiger partial charge in [0.25, 0.3) is 5.56 Å². The molecule has 1 aliphatic rings. The van der Waals surface area contributed by atoms with Crippen LogP contribution in [0.1, 0.15) is 45.2 Å². The van der Waals surface area contributed by atoms with E-state index in [0.717, 1.165) is 37.1 Å². The van der Waals surface area contributed by atoms with Crippen LogP contribution in [0, 0.1) is 22.6 Å². The molecular formula is C28H34FN5O2. The number of nitrogens with zero attached hydrogens (tertiary/aromatic N) is 5. The number of rotatable bonds is 7. The number of anilines is 2. The molecular weight excluding hydrogens is 457 g/mol. The number of nitriles is 1. The fourth-order valence-corrected chi connectivity index (χ4v) is 5.17. The van der Waals surface area contributed by atoms with E-state index >= 15 is 0 Å². The van der Waals surface area contributed by atoms with Gasteiger partial charge in [0, 0.05) is 56.5 Å². The molecule has 1 fully saturated rings. The van der Waals surface area contributed by atoms with Crippen LogP contribution in [0.5, 0.6) is 0 Å². The number of aryl methyl sites for hydroxylation is 1. The molecule has 1 aromatic carbocycles. The monoisotopic (exact) mass is 491 g/mol. The Balaban J connectivity index is 1.58. The Kier molecular flexibility index (Phi) is 7.32. The maximum atomic E-state index is 13.6. The molecule has 8 heteroatoms. The first-order valence-electron chi connectivity index (χ1n) is 12.4. The first-order chi connectivity index (χ1) is 17.1. The number of aliphatic hydroxyl groups excluding tert-OH is 1. The summed E-state index contributed by atoms with van der Waals surface area (Å²) in [5.74, 6) is -0.264. The molecule has 0 radical (unpaired) electrons. The van der Waals surface area contributed by atoms with Gasteiger partial charge in [-0.05, 0) is 62.1 Å². The molecule has 1 aliphatic carbocycles. The van der Waals surface area contributed by atoms with Gasteiger partial charge in [0.1, 0.15) is 23.1 Å². The highest BCUT2D eigenvalue weighted by molar-refractivity contribution is 5.88. The second-order valence-corrected chi connectivity index (χ2v) is 10.6. The zero-order valence-electron chi connectivity index (χ0n) is 21.4. The van der Waals surface area contributed by atoms with Crippen molar-refractivity contribution in [3.8, 4) is 6.07 Å².